The van der Waals surface area contributed by atoms with Gasteiger partial charge in [0.05, 0.1) is 18.5 Å². The van der Waals surface area contributed by atoms with Crippen molar-refractivity contribution in [1.29, 1.82) is 0 Å². The number of rotatable bonds is 5. The lowest BCUT2D eigenvalue weighted by molar-refractivity contribution is -0.138. The number of amides is 1. The van der Waals surface area contributed by atoms with Crippen LogP contribution >= 0.6 is 0 Å². The highest BCUT2D eigenvalue weighted by Crippen LogP contribution is 2.30. The van der Waals surface area contributed by atoms with Gasteiger partial charge in [-0.2, -0.15) is 13.2 Å². The Bertz CT molecular complexity index is 858. The van der Waals surface area contributed by atoms with E-state index in [-0.39, 0.29) is 18.4 Å². The van der Waals surface area contributed by atoms with Crippen LogP contribution in [-0.4, -0.2) is 54.1 Å². The Morgan fingerprint density at radius 2 is 2.03 bits per heavy atom. The molecule has 2 heterocycles. The molecule has 1 aromatic carbocycles. The van der Waals surface area contributed by atoms with Crippen molar-refractivity contribution in [2.24, 2.45) is 0 Å². The number of carbonyl (C=O) groups excluding carboxylic acids is 1. The largest absolute Gasteiger partial charge is 0.470 e. The van der Waals surface area contributed by atoms with E-state index in [1.54, 1.807) is 22.2 Å². The van der Waals surface area contributed by atoms with Crippen molar-refractivity contribution >= 4 is 11.7 Å². The van der Waals surface area contributed by atoms with E-state index in [1.807, 2.05) is 14.1 Å². The van der Waals surface area contributed by atoms with E-state index in [0.717, 1.165) is 25.0 Å². The first-order chi connectivity index (χ1) is 13.7. The first kappa shape index (κ1) is 20.9. The molecule has 0 aliphatic carbocycles. The van der Waals surface area contributed by atoms with Crippen LogP contribution in [0, 0.1) is 0 Å². The number of hydrogen-bond donors (Lipinski definition) is 0. The van der Waals surface area contributed by atoms with E-state index in [9.17, 15) is 18.0 Å². The van der Waals surface area contributed by atoms with E-state index in [4.69, 9.17) is 4.74 Å². The molecule has 156 valence electrons. The number of hydrogen-bond acceptors (Lipinski definition) is 5. The molecule has 1 amide bonds. The summed E-state index contributed by atoms with van der Waals surface area (Å²) in [4.78, 5) is 24.6. The Balaban J connectivity index is 1.64. The van der Waals surface area contributed by atoms with Crippen molar-refractivity contribution in [2.45, 2.75) is 31.5 Å². The maximum atomic E-state index is 12.9. The predicted octanol–water partition coefficient (Wildman–Crippen LogP) is 3.17. The minimum atomic E-state index is -4.43. The van der Waals surface area contributed by atoms with Crippen LogP contribution in [0.4, 0.5) is 19.0 Å². The van der Waals surface area contributed by atoms with Gasteiger partial charge in [0, 0.05) is 33.0 Å². The molecule has 3 rings (SSSR count). The number of aromatic nitrogens is 2. The van der Waals surface area contributed by atoms with Gasteiger partial charge < -0.3 is 14.5 Å². The first-order valence-corrected chi connectivity index (χ1v) is 9.33. The normalized spacial score (nSPS) is 17.1. The van der Waals surface area contributed by atoms with Gasteiger partial charge in [-0.15, -0.1) is 0 Å². The summed E-state index contributed by atoms with van der Waals surface area (Å²) in [5.74, 6) is 0.777. The third-order valence-electron chi connectivity index (χ3n) is 4.69. The van der Waals surface area contributed by atoms with Gasteiger partial charge in [-0.1, -0.05) is 18.2 Å². The molecule has 2 aromatic rings. The van der Waals surface area contributed by atoms with Crippen LogP contribution in [-0.2, 0) is 17.4 Å². The van der Waals surface area contributed by atoms with Crippen molar-refractivity contribution in [3.05, 3.63) is 47.8 Å². The molecule has 0 spiro atoms. The van der Waals surface area contributed by atoms with Gasteiger partial charge in [0.2, 0.25) is 5.91 Å². The number of piperidine rings is 1. The van der Waals surface area contributed by atoms with Gasteiger partial charge in [0.15, 0.2) is 5.82 Å². The van der Waals surface area contributed by atoms with Crippen LogP contribution in [0.3, 0.4) is 0 Å². The first-order valence-electron chi connectivity index (χ1n) is 9.33. The van der Waals surface area contributed by atoms with E-state index in [2.05, 4.69) is 9.97 Å². The maximum Gasteiger partial charge on any atom is 0.416 e. The van der Waals surface area contributed by atoms with Crippen LogP contribution < -0.4 is 9.64 Å². The number of alkyl halides is 3. The standard InChI is InChI=1S/C20H23F3N4O2/c1-26(2)18-19(25-9-8-24-18)29-16-7-4-10-27(13-16)17(28)12-14-5-3-6-15(11-14)20(21,22)23/h3,5-6,8-9,11,16H,4,7,10,12-13H2,1-2H3. The van der Waals surface area contributed by atoms with Crippen LogP contribution in [0.2, 0.25) is 0 Å². The Hall–Kier alpha value is -2.84. The quantitative estimate of drug-likeness (QED) is 0.761. The summed E-state index contributed by atoms with van der Waals surface area (Å²) in [6, 6.07) is 4.89. The fourth-order valence-corrected chi connectivity index (χ4v) is 3.27. The van der Waals surface area contributed by atoms with Gasteiger partial charge in [0.25, 0.3) is 5.88 Å². The zero-order valence-electron chi connectivity index (χ0n) is 16.3. The lowest BCUT2D eigenvalue weighted by Gasteiger charge is -2.33. The van der Waals surface area contributed by atoms with Crippen molar-refractivity contribution in [3.63, 3.8) is 0 Å². The topological polar surface area (TPSA) is 58.6 Å². The highest BCUT2D eigenvalue weighted by atomic mass is 19.4. The van der Waals surface area contributed by atoms with Crippen molar-refractivity contribution in [1.82, 2.24) is 14.9 Å². The molecular weight excluding hydrogens is 385 g/mol. The Labute approximate surface area is 167 Å². The number of carbonyl (C=O) groups is 1. The maximum absolute atomic E-state index is 12.9. The van der Waals surface area contributed by atoms with Crippen LogP contribution in [0.15, 0.2) is 36.7 Å². The average molecular weight is 408 g/mol. The van der Waals surface area contributed by atoms with Gasteiger partial charge >= 0.3 is 6.18 Å². The molecule has 0 saturated carbocycles. The van der Waals surface area contributed by atoms with Gasteiger partial charge in [-0.05, 0) is 24.5 Å². The molecule has 6 nitrogen and oxygen atoms in total. The SMILES string of the molecule is CN(C)c1nccnc1OC1CCCN(C(=O)Cc2cccc(C(F)(F)F)c2)C1. The highest BCUT2D eigenvalue weighted by molar-refractivity contribution is 5.79. The van der Waals surface area contributed by atoms with Gasteiger partial charge in [-0.3, -0.25) is 4.79 Å². The number of ether oxygens (including phenoxy) is 1. The molecule has 9 heteroatoms. The monoisotopic (exact) mass is 408 g/mol. The third-order valence-corrected chi connectivity index (χ3v) is 4.69. The molecule has 1 unspecified atom stereocenters. The van der Waals surface area contributed by atoms with E-state index < -0.39 is 11.7 Å². The molecule has 0 bridgehead atoms. The fraction of sp³-hybridized carbons (Fsp3) is 0.450. The summed E-state index contributed by atoms with van der Waals surface area (Å²) in [6.45, 7) is 0.917. The molecular formula is C20H23F3N4O2. The number of halogens is 3. The lowest BCUT2D eigenvalue weighted by atomic mass is 10.0. The Kier molecular flexibility index (Phi) is 6.24. The zero-order valence-corrected chi connectivity index (χ0v) is 16.3. The summed E-state index contributed by atoms with van der Waals surface area (Å²) >= 11 is 0. The Morgan fingerprint density at radius 3 is 2.76 bits per heavy atom. The van der Waals surface area contributed by atoms with E-state index in [0.29, 0.717) is 30.4 Å². The fourth-order valence-electron chi connectivity index (χ4n) is 3.27. The van der Waals surface area contributed by atoms with Crippen LogP contribution in [0.25, 0.3) is 0 Å². The molecule has 1 saturated heterocycles. The van der Waals surface area contributed by atoms with Gasteiger partial charge in [-0.25, -0.2) is 9.97 Å². The van der Waals surface area contributed by atoms with Crippen LogP contribution in [0.5, 0.6) is 5.88 Å². The Morgan fingerprint density at radius 1 is 1.28 bits per heavy atom. The molecule has 0 radical (unpaired) electrons. The average Bonchev–Trinajstić information content (AvgIpc) is 2.68. The van der Waals surface area contributed by atoms with Crippen LogP contribution in [0.1, 0.15) is 24.0 Å². The zero-order chi connectivity index (χ0) is 21.0. The van der Waals surface area contributed by atoms with E-state index >= 15 is 0 Å². The third kappa shape index (κ3) is 5.36. The van der Waals surface area contributed by atoms with Gasteiger partial charge in [0.1, 0.15) is 6.10 Å². The lowest BCUT2D eigenvalue weighted by Crippen LogP contribution is -2.45. The number of likely N-dealkylation sites (tertiary alicyclic amines) is 1. The minimum Gasteiger partial charge on any atom is -0.470 e. The summed E-state index contributed by atoms with van der Waals surface area (Å²) in [5.41, 5.74) is -0.404. The molecule has 0 N–H and O–H groups in total. The highest BCUT2D eigenvalue weighted by Gasteiger charge is 2.31. The summed E-state index contributed by atoms with van der Waals surface area (Å²) in [7, 11) is 3.67. The van der Waals surface area contributed by atoms with Crippen molar-refractivity contribution < 1.29 is 22.7 Å². The molecule has 1 aliphatic heterocycles. The molecule has 1 aliphatic rings. The second-order valence-corrected chi connectivity index (χ2v) is 7.18. The van der Waals surface area contributed by atoms with Crippen molar-refractivity contribution in [3.8, 4) is 5.88 Å². The van der Waals surface area contributed by atoms with Crippen molar-refractivity contribution in [2.75, 3.05) is 32.1 Å². The molecule has 1 fully saturated rings. The number of nitrogens with zero attached hydrogens (tertiary/aromatic N) is 4. The second-order valence-electron chi connectivity index (χ2n) is 7.18. The summed E-state index contributed by atoms with van der Waals surface area (Å²) in [5, 5.41) is 0. The molecule has 1 atom stereocenters. The molecule has 1 aromatic heterocycles. The molecule has 29 heavy (non-hydrogen) atoms. The van der Waals surface area contributed by atoms with E-state index in [1.165, 1.54) is 12.1 Å². The number of benzene rings is 1. The minimum absolute atomic E-state index is 0.0786. The predicted molar refractivity (Wildman–Crippen MR) is 102 cm³/mol. The summed E-state index contributed by atoms with van der Waals surface area (Å²) < 4.78 is 44.6. The second kappa shape index (κ2) is 8.67. The number of anilines is 1. The smallest absolute Gasteiger partial charge is 0.416 e. The summed E-state index contributed by atoms with van der Waals surface area (Å²) in [6.07, 6.45) is -0.123.